The summed E-state index contributed by atoms with van der Waals surface area (Å²) in [6.45, 7) is 1.60. The standard InChI is InChI=1S/C17H14O7/c1-9-2-3-10(5-7-14(18)23-15(9)19)22-11-4-6-12-13(8-11)17(21)24-16(12)20/h2-6,8-9,12-13H,7H2,1H3/b3-2-,10-5+. The molecular formula is C17H14O7. The molecule has 0 amide bonds. The summed E-state index contributed by atoms with van der Waals surface area (Å²) in [6.07, 6.45) is 9.08. The minimum Gasteiger partial charge on any atom is -0.458 e. The Bertz CT molecular complexity index is 738. The van der Waals surface area contributed by atoms with E-state index in [2.05, 4.69) is 9.47 Å². The second kappa shape index (κ2) is 6.27. The average molecular weight is 330 g/mol. The van der Waals surface area contributed by atoms with Crippen molar-refractivity contribution in [1.29, 1.82) is 0 Å². The van der Waals surface area contributed by atoms with E-state index < -0.39 is 41.6 Å². The summed E-state index contributed by atoms with van der Waals surface area (Å²) in [5.41, 5.74) is 0. The number of cyclic esters (lactones) is 4. The van der Waals surface area contributed by atoms with E-state index in [-0.39, 0.29) is 6.42 Å². The lowest BCUT2D eigenvalue weighted by atomic mass is 9.90. The molecule has 124 valence electrons. The minimum absolute atomic E-state index is 0.123. The van der Waals surface area contributed by atoms with Crippen LogP contribution in [0.25, 0.3) is 0 Å². The van der Waals surface area contributed by atoms with Gasteiger partial charge in [0.2, 0.25) is 0 Å². The van der Waals surface area contributed by atoms with Crippen LogP contribution in [-0.2, 0) is 33.4 Å². The smallest absolute Gasteiger partial charge is 0.321 e. The van der Waals surface area contributed by atoms with E-state index in [0.29, 0.717) is 11.5 Å². The van der Waals surface area contributed by atoms with Crippen molar-refractivity contribution in [3.8, 4) is 0 Å². The molecule has 0 spiro atoms. The quantitative estimate of drug-likeness (QED) is 0.556. The number of carbonyl (C=O) groups is 4. The van der Waals surface area contributed by atoms with Crippen LogP contribution in [0.3, 0.4) is 0 Å². The Hall–Kier alpha value is -2.96. The molecule has 3 aliphatic rings. The molecule has 0 saturated carbocycles. The molecule has 0 aromatic carbocycles. The largest absolute Gasteiger partial charge is 0.458 e. The van der Waals surface area contributed by atoms with Gasteiger partial charge in [0.25, 0.3) is 0 Å². The molecule has 0 bridgehead atoms. The van der Waals surface area contributed by atoms with Gasteiger partial charge >= 0.3 is 23.9 Å². The molecule has 1 saturated heterocycles. The number of allylic oxidation sites excluding steroid dienone is 2. The second-order valence-electron chi connectivity index (χ2n) is 5.57. The van der Waals surface area contributed by atoms with Gasteiger partial charge in [-0.25, -0.2) is 0 Å². The second-order valence-corrected chi connectivity index (χ2v) is 5.57. The maximum atomic E-state index is 11.6. The third kappa shape index (κ3) is 3.19. The molecule has 24 heavy (non-hydrogen) atoms. The van der Waals surface area contributed by atoms with Crippen LogP contribution in [0.15, 0.2) is 48.0 Å². The van der Waals surface area contributed by atoms with Crippen LogP contribution < -0.4 is 0 Å². The van der Waals surface area contributed by atoms with Crippen LogP contribution in [0.5, 0.6) is 0 Å². The van der Waals surface area contributed by atoms with Gasteiger partial charge in [-0.3, -0.25) is 19.2 Å². The van der Waals surface area contributed by atoms with Crippen molar-refractivity contribution >= 4 is 23.9 Å². The molecule has 0 N–H and O–H groups in total. The number of hydrogen-bond acceptors (Lipinski definition) is 7. The molecule has 7 heteroatoms. The normalized spacial score (nSPS) is 33.1. The first-order valence-electron chi connectivity index (χ1n) is 7.40. The third-order valence-electron chi connectivity index (χ3n) is 3.79. The Balaban J connectivity index is 1.78. The van der Waals surface area contributed by atoms with Crippen molar-refractivity contribution in [3.05, 3.63) is 48.0 Å². The Morgan fingerprint density at radius 2 is 1.62 bits per heavy atom. The lowest BCUT2D eigenvalue weighted by molar-refractivity contribution is -0.161. The van der Waals surface area contributed by atoms with E-state index in [4.69, 9.17) is 4.74 Å². The van der Waals surface area contributed by atoms with Gasteiger partial charge in [-0.2, -0.15) is 0 Å². The zero-order chi connectivity index (χ0) is 17.3. The highest BCUT2D eigenvalue weighted by molar-refractivity contribution is 5.99. The number of carbonyl (C=O) groups excluding carboxylic acids is 4. The molecule has 0 aromatic heterocycles. The first-order chi connectivity index (χ1) is 11.4. The summed E-state index contributed by atoms with van der Waals surface area (Å²) in [4.78, 5) is 46.2. The Morgan fingerprint density at radius 1 is 0.917 bits per heavy atom. The molecule has 7 nitrogen and oxygen atoms in total. The number of esters is 4. The summed E-state index contributed by atoms with van der Waals surface area (Å²) >= 11 is 0. The van der Waals surface area contributed by atoms with Crippen LogP contribution in [0.2, 0.25) is 0 Å². The fourth-order valence-electron chi connectivity index (χ4n) is 2.43. The summed E-state index contributed by atoms with van der Waals surface area (Å²) in [5.74, 6) is -3.72. The summed E-state index contributed by atoms with van der Waals surface area (Å²) < 4.78 is 14.9. The maximum absolute atomic E-state index is 11.6. The molecule has 1 fully saturated rings. The van der Waals surface area contributed by atoms with Crippen LogP contribution in [0.1, 0.15) is 13.3 Å². The van der Waals surface area contributed by atoms with Gasteiger partial charge in [0.05, 0.1) is 24.2 Å². The summed E-state index contributed by atoms with van der Waals surface area (Å²) in [6, 6.07) is 0. The van der Waals surface area contributed by atoms with Gasteiger partial charge < -0.3 is 14.2 Å². The number of ether oxygens (including phenoxy) is 3. The highest BCUT2D eigenvalue weighted by atomic mass is 16.6. The average Bonchev–Trinajstić information content (AvgIpc) is 2.85. The van der Waals surface area contributed by atoms with E-state index in [1.807, 2.05) is 0 Å². The molecule has 0 aromatic rings. The highest BCUT2D eigenvalue weighted by Gasteiger charge is 2.43. The predicted molar refractivity (Wildman–Crippen MR) is 78.5 cm³/mol. The zero-order valence-electron chi connectivity index (χ0n) is 12.8. The van der Waals surface area contributed by atoms with Crippen molar-refractivity contribution in [2.75, 3.05) is 0 Å². The molecular weight excluding hydrogens is 316 g/mol. The van der Waals surface area contributed by atoms with Gasteiger partial charge in [0, 0.05) is 0 Å². The molecule has 3 atom stereocenters. The van der Waals surface area contributed by atoms with E-state index >= 15 is 0 Å². The Kier molecular flexibility index (Phi) is 4.16. The van der Waals surface area contributed by atoms with Crippen molar-refractivity contribution < 1.29 is 33.4 Å². The molecule has 2 heterocycles. The van der Waals surface area contributed by atoms with Crippen molar-refractivity contribution in [1.82, 2.24) is 0 Å². The van der Waals surface area contributed by atoms with E-state index in [1.54, 1.807) is 31.2 Å². The van der Waals surface area contributed by atoms with Gasteiger partial charge in [-0.1, -0.05) is 12.2 Å². The fraction of sp³-hybridized carbons (Fsp3) is 0.294. The Labute approximate surface area is 137 Å². The number of rotatable bonds is 2. The van der Waals surface area contributed by atoms with Crippen molar-refractivity contribution in [2.45, 2.75) is 13.3 Å². The number of fused-ring (bicyclic) bond motifs is 1. The molecule has 3 unspecified atom stereocenters. The van der Waals surface area contributed by atoms with Crippen molar-refractivity contribution in [3.63, 3.8) is 0 Å². The van der Waals surface area contributed by atoms with E-state index in [1.165, 1.54) is 12.2 Å². The van der Waals surface area contributed by atoms with Crippen molar-refractivity contribution in [2.24, 2.45) is 17.8 Å². The van der Waals surface area contributed by atoms with Gasteiger partial charge in [0.1, 0.15) is 11.5 Å². The number of hydrogen-bond donors (Lipinski definition) is 0. The lowest BCUT2D eigenvalue weighted by Gasteiger charge is -2.15. The molecule has 2 aliphatic heterocycles. The minimum atomic E-state index is -0.705. The third-order valence-corrected chi connectivity index (χ3v) is 3.79. The van der Waals surface area contributed by atoms with E-state index in [9.17, 15) is 19.2 Å². The first-order valence-corrected chi connectivity index (χ1v) is 7.40. The van der Waals surface area contributed by atoms with Gasteiger partial charge in [-0.15, -0.1) is 0 Å². The summed E-state index contributed by atoms with van der Waals surface area (Å²) in [5, 5.41) is 0. The first kappa shape index (κ1) is 15.9. The highest BCUT2D eigenvalue weighted by Crippen LogP contribution is 2.32. The fourth-order valence-corrected chi connectivity index (χ4v) is 2.43. The SMILES string of the molecule is CC1/C=C\C(OC2=CC3C(=O)OC(=O)C3C=C2)=C/CC(=O)OC1=O. The molecule has 1 aliphatic carbocycles. The van der Waals surface area contributed by atoms with Crippen LogP contribution in [0.4, 0.5) is 0 Å². The van der Waals surface area contributed by atoms with Crippen LogP contribution in [-0.4, -0.2) is 23.9 Å². The Morgan fingerprint density at radius 3 is 2.42 bits per heavy atom. The van der Waals surface area contributed by atoms with E-state index in [0.717, 1.165) is 0 Å². The summed E-state index contributed by atoms with van der Waals surface area (Å²) in [7, 11) is 0. The topological polar surface area (TPSA) is 96.0 Å². The van der Waals surface area contributed by atoms with Gasteiger partial charge in [-0.05, 0) is 31.2 Å². The maximum Gasteiger partial charge on any atom is 0.321 e. The van der Waals surface area contributed by atoms with Crippen LogP contribution >= 0.6 is 0 Å². The zero-order valence-corrected chi connectivity index (χ0v) is 12.8. The lowest BCUT2D eigenvalue weighted by Crippen LogP contribution is -2.17. The predicted octanol–water partition coefficient (Wildman–Crippen LogP) is 1.32. The van der Waals surface area contributed by atoms with Gasteiger partial charge in [0.15, 0.2) is 0 Å². The molecule has 3 rings (SSSR count). The monoisotopic (exact) mass is 330 g/mol. The molecule has 0 radical (unpaired) electrons. The van der Waals surface area contributed by atoms with Crippen LogP contribution in [0, 0.1) is 17.8 Å².